The number of hydrogen-bond donors (Lipinski definition) is 2. The Labute approximate surface area is 183 Å². The molecule has 1 amide bonds. The second-order valence-corrected chi connectivity index (χ2v) is 7.34. The maximum absolute atomic E-state index is 12.6. The number of para-hydroxylation sites is 1. The van der Waals surface area contributed by atoms with Crippen LogP contribution in [0.5, 0.6) is 0 Å². The number of aromatic nitrogens is 1. The Bertz CT molecular complexity index is 1320. The van der Waals surface area contributed by atoms with Gasteiger partial charge >= 0.3 is 0 Å². The van der Waals surface area contributed by atoms with Gasteiger partial charge in [0.25, 0.3) is 5.91 Å². The summed E-state index contributed by atoms with van der Waals surface area (Å²) in [6, 6.07) is 16.4. The normalized spacial score (nSPS) is 13.1. The number of fused-ring (bicyclic) bond motifs is 2. The first kappa shape index (κ1) is 20.1. The van der Waals surface area contributed by atoms with Gasteiger partial charge in [0.15, 0.2) is 0 Å². The number of hydrogen-bond acceptors (Lipinski definition) is 4. The number of H-pyrrole nitrogens is 1. The third-order valence-corrected chi connectivity index (χ3v) is 5.54. The Kier molecular flexibility index (Phi) is 5.33. The summed E-state index contributed by atoms with van der Waals surface area (Å²) in [5, 5.41) is 3.88. The Hall–Kier alpha value is -3.15. The van der Waals surface area contributed by atoms with Gasteiger partial charge in [0.2, 0.25) is 0 Å². The monoisotopic (exact) mass is 439 g/mol. The number of carbonyl (C=O) groups excluding carboxylic acids is 1. The average molecular weight is 439 g/mol. The van der Waals surface area contributed by atoms with Gasteiger partial charge in [-0.15, -0.1) is 6.07 Å². The molecule has 2 heterocycles. The molecule has 6 nitrogen and oxygen atoms in total. The summed E-state index contributed by atoms with van der Waals surface area (Å²) in [7, 11) is 0. The van der Waals surface area contributed by atoms with Crippen molar-refractivity contribution in [2.45, 2.75) is 19.5 Å². The van der Waals surface area contributed by atoms with E-state index in [0.29, 0.717) is 30.9 Å². The molecule has 0 saturated carbocycles. The molecule has 5 rings (SSSR count). The van der Waals surface area contributed by atoms with Gasteiger partial charge in [-0.3, -0.25) is 4.79 Å². The summed E-state index contributed by atoms with van der Waals surface area (Å²) < 4.78 is 0. The van der Waals surface area contributed by atoms with Crippen LogP contribution in [0.3, 0.4) is 0 Å². The van der Waals surface area contributed by atoms with E-state index < -0.39 is 10.9 Å². The minimum absolute atomic E-state index is 0. The van der Waals surface area contributed by atoms with Gasteiger partial charge in [-0.25, -0.2) is 0 Å². The molecule has 4 aromatic rings. The first-order valence-corrected chi connectivity index (χ1v) is 9.53. The maximum Gasteiger partial charge on any atom is 0.253 e. The predicted molar refractivity (Wildman–Crippen MR) is 111 cm³/mol. The van der Waals surface area contributed by atoms with Crippen molar-refractivity contribution in [3.8, 4) is 0 Å². The van der Waals surface area contributed by atoms with Gasteiger partial charge < -0.3 is 24.8 Å². The summed E-state index contributed by atoms with van der Waals surface area (Å²) in [6.45, 7) is 1.68. The predicted octanol–water partition coefficient (Wildman–Crippen LogP) is 2.05. The van der Waals surface area contributed by atoms with Crippen LogP contribution in [0.25, 0.3) is 10.9 Å². The van der Waals surface area contributed by atoms with Crippen molar-refractivity contribution >= 4 is 22.5 Å². The summed E-state index contributed by atoms with van der Waals surface area (Å²) in [5.41, 5.74) is 4.28. The van der Waals surface area contributed by atoms with E-state index in [2.05, 4.69) is 28.5 Å². The number of nitrogens with zero attached hydrogens (tertiary/aromatic N) is 1. The number of benzene rings is 2. The van der Waals surface area contributed by atoms with E-state index in [1.165, 1.54) is 5.56 Å². The molecule has 0 fully saturated rings. The van der Waals surface area contributed by atoms with Crippen molar-refractivity contribution in [2.75, 3.05) is 11.4 Å². The zero-order chi connectivity index (χ0) is 20.0. The van der Waals surface area contributed by atoms with Crippen LogP contribution in [0.15, 0.2) is 58.3 Å². The second-order valence-electron chi connectivity index (χ2n) is 7.34. The Morgan fingerprint density at radius 3 is 2.77 bits per heavy atom. The van der Waals surface area contributed by atoms with Crippen molar-refractivity contribution in [3.63, 3.8) is 0 Å². The molecule has 1 aliphatic rings. The molecule has 1 aliphatic heterocycles. The molecule has 0 saturated heterocycles. The summed E-state index contributed by atoms with van der Waals surface area (Å²) >= 11 is 0. The van der Waals surface area contributed by atoms with E-state index in [1.54, 1.807) is 6.20 Å². The molecular weight excluding hydrogens is 421 g/mol. The van der Waals surface area contributed by atoms with E-state index in [9.17, 15) is 14.4 Å². The van der Waals surface area contributed by atoms with E-state index >= 15 is 0 Å². The first-order valence-electron chi connectivity index (χ1n) is 9.53. The molecule has 0 aliphatic carbocycles. The SMILES string of the molecule is O=C(NCc1ccc2c(c1)CN(c1[c-]c(=O)c1=O)CC2)c1c[nH]c2ccccc12.[Mn]. The van der Waals surface area contributed by atoms with Gasteiger partial charge in [-0.2, -0.15) is 0 Å². The smallest absolute Gasteiger partial charge is 0.253 e. The standard InChI is InChI=1S/C23H18N3O3.Mn/c27-21-10-20(22(21)28)26-8-7-15-6-5-14(9-16(15)13-26)11-25-23(29)18-12-24-19-4-2-1-3-17(18)19;/h1-6,9,12,24H,7-8,11,13H2,(H,25,29);/q-1;. The molecule has 1 aromatic heterocycles. The summed E-state index contributed by atoms with van der Waals surface area (Å²) in [5.74, 6) is -0.125. The number of rotatable bonds is 4. The largest absolute Gasteiger partial charge is 0.385 e. The van der Waals surface area contributed by atoms with Crippen LogP contribution >= 0.6 is 0 Å². The van der Waals surface area contributed by atoms with Crippen LogP contribution < -0.4 is 21.1 Å². The summed E-state index contributed by atoms with van der Waals surface area (Å²) in [6.07, 6.45) is 2.54. The van der Waals surface area contributed by atoms with Crippen LogP contribution in [-0.2, 0) is 36.6 Å². The molecule has 3 aromatic carbocycles. The molecule has 151 valence electrons. The fourth-order valence-electron chi connectivity index (χ4n) is 3.94. The van der Waals surface area contributed by atoms with E-state index in [1.807, 2.05) is 35.2 Å². The van der Waals surface area contributed by atoms with Gasteiger partial charge in [0.05, 0.1) is 5.56 Å². The minimum atomic E-state index is -0.542. The van der Waals surface area contributed by atoms with Gasteiger partial charge in [0, 0.05) is 53.8 Å². The number of carbonyl (C=O) groups is 1. The molecule has 1 radical (unpaired) electrons. The van der Waals surface area contributed by atoms with Crippen molar-refractivity contribution in [1.82, 2.24) is 10.3 Å². The Morgan fingerprint density at radius 2 is 1.97 bits per heavy atom. The zero-order valence-electron chi connectivity index (χ0n) is 16.0. The average Bonchev–Trinajstić information content (AvgIpc) is 3.19. The van der Waals surface area contributed by atoms with Crippen molar-refractivity contribution in [1.29, 1.82) is 0 Å². The molecule has 30 heavy (non-hydrogen) atoms. The van der Waals surface area contributed by atoms with Gasteiger partial charge in [0.1, 0.15) is 10.9 Å². The van der Waals surface area contributed by atoms with Crippen molar-refractivity contribution in [3.05, 3.63) is 97.4 Å². The molecule has 0 spiro atoms. The van der Waals surface area contributed by atoms with Crippen molar-refractivity contribution in [2.24, 2.45) is 0 Å². The molecule has 0 bridgehead atoms. The topological polar surface area (TPSA) is 82.3 Å². The minimum Gasteiger partial charge on any atom is -0.385 e. The van der Waals surface area contributed by atoms with Crippen LogP contribution in [0.2, 0.25) is 0 Å². The molecule has 7 heteroatoms. The molecule has 2 N–H and O–H groups in total. The van der Waals surface area contributed by atoms with Crippen LogP contribution in [0.1, 0.15) is 27.0 Å². The molecule has 0 atom stereocenters. The number of aromatic amines is 1. The van der Waals surface area contributed by atoms with Gasteiger partial charge in [-0.1, -0.05) is 36.4 Å². The van der Waals surface area contributed by atoms with Crippen LogP contribution in [-0.4, -0.2) is 17.4 Å². The quantitative estimate of drug-likeness (QED) is 0.290. The maximum atomic E-state index is 12.6. The first-order chi connectivity index (χ1) is 14.1. The zero-order valence-corrected chi connectivity index (χ0v) is 17.2. The fraction of sp³-hybridized carbons (Fsp3) is 0.174. The van der Waals surface area contributed by atoms with E-state index in [-0.39, 0.29) is 23.0 Å². The van der Waals surface area contributed by atoms with Crippen molar-refractivity contribution < 1.29 is 21.9 Å². The molecule has 0 unspecified atom stereocenters. The fourth-order valence-corrected chi connectivity index (χ4v) is 3.94. The Balaban J connectivity index is 0.00000218. The third-order valence-electron chi connectivity index (χ3n) is 5.54. The summed E-state index contributed by atoms with van der Waals surface area (Å²) in [4.78, 5) is 40.5. The number of amides is 1. The molecular formula is C23H18MnN3O3-. The second kappa shape index (κ2) is 7.94. The van der Waals surface area contributed by atoms with E-state index in [4.69, 9.17) is 0 Å². The third kappa shape index (κ3) is 3.47. The number of nitrogens with one attached hydrogen (secondary N) is 2. The van der Waals surface area contributed by atoms with Crippen LogP contribution in [0.4, 0.5) is 5.69 Å². The Morgan fingerprint density at radius 1 is 1.13 bits per heavy atom. The van der Waals surface area contributed by atoms with Gasteiger partial charge in [-0.05, 0) is 34.9 Å². The van der Waals surface area contributed by atoms with Crippen LogP contribution in [0, 0.1) is 6.07 Å². The van der Waals surface area contributed by atoms with E-state index in [0.717, 1.165) is 28.5 Å². The number of anilines is 1.